The SMILES string of the molecule is Cc1cc(C)c(C2(C(=O)C3CCC(C(=O)O)C3)OC(C)(C)O2)c(C)c1. The molecule has 0 bridgehead atoms. The molecule has 1 saturated heterocycles. The molecule has 25 heavy (non-hydrogen) atoms. The summed E-state index contributed by atoms with van der Waals surface area (Å²) in [4.78, 5) is 24.6. The number of aryl methyl sites for hydroxylation is 3. The Morgan fingerprint density at radius 2 is 1.56 bits per heavy atom. The second kappa shape index (κ2) is 5.92. The zero-order valence-corrected chi connectivity index (χ0v) is 15.5. The minimum Gasteiger partial charge on any atom is -0.481 e. The summed E-state index contributed by atoms with van der Waals surface area (Å²) in [5, 5.41) is 9.23. The minimum absolute atomic E-state index is 0.148. The first-order chi connectivity index (χ1) is 11.6. The van der Waals surface area contributed by atoms with Gasteiger partial charge in [-0.3, -0.25) is 9.59 Å². The van der Waals surface area contributed by atoms with Crippen molar-refractivity contribution in [3.8, 4) is 0 Å². The third kappa shape index (κ3) is 3.00. The molecule has 3 rings (SSSR count). The van der Waals surface area contributed by atoms with Crippen molar-refractivity contribution in [3.05, 3.63) is 34.4 Å². The van der Waals surface area contributed by atoms with E-state index in [2.05, 4.69) is 0 Å². The maximum atomic E-state index is 13.4. The number of benzene rings is 1. The van der Waals surface area contributed by atoms with Crippen molar-refractivity contribution in [2.75, 3.05) is 0 Å². The number of carboxylic acid groups (broad SMARTS) is 1. The number of hydrogen-bond donors (Lipinski definition) is 1. The van der Waals surface area contributed by atoms with Gasteiger partial charge in [0.1, 0.15) is 0 Å². The van der Waals surface area contributed by atoms with Crippen molar-refractivity contribution >= 4 is 11.8 Å². The summed E-state index contributed by atoms with van der Waals surface area (Å²) < 4.78 is 12.1. The van der Waals surface area contributed by atoms with Crippen LogP contribution in [0.5, 0.6) is 0 Å². The fraction of sp³-hybridized carbons (Fsp3) is 0.600. The molecule has 5 nitrogen and oxygen atoms in total. The molecule has 0 aromatic heterocycles. The lowest BCUT2D eigenvalue weighted by Crippen LogP contribution is -2.63. The van der Waals surface area contributed by atoms with Gasteiger partial charge in [0.2, 0.25) is 0 Å². The summed E-state index contributed by atoms with van der Waals surface area (Å²) in [5.74, 6) is -4.03. The van der Waals surface area contributed by atoms with Crippen molar-refractivity contribution in [1.82, 2.24) is 0 Å². The summed E-state index contributed by atoms with van der Waals surface area (Å²) in [6.07, 6.45) is 1.44. The number of hydrogen-bond acceptors (Lipinski definition) is 4. The Balaban J connectivity index is 1.99. The lowest BCUT2D eigenvalue weighted by atomic mass is 9.83. The van der Waals surface area contributed by atoms with Gasteiger partial charge in [-0.15, -0.1) is 0 Å². The van der Waals surface area contributed by atoms with Crippen LogP contribution in [-0.2, 0) is 24.8 Å². The van der Waals surface area contributed by atoms with Crippen LogP contribution < -0.4 is 0 Å². The van der Waals surface area contributed by atoms with E-state index < -0.39 is 23.5 Å². The zero-order chi connectivity index (χ0) is 18.6. The Bertz CT molecular complexity index is 703. The maximum absolute atomic E-state index is 13.4. The number of ether oxygens (including phenoxy) is 2. The standard InChI is InChI=1S/C20H26O5/c1-11-8-12(2)16(13(3)9-11)20(24-19(4,5)25-20)17(21)14-6-7-15(10-14)18(22)23/h8-9,14-15H,6-7,10H2,1-5H3,(H,22,23). The number of carbonyl (C=O) groups excluding carboxylic acids is 1. The van der Waals surface area contributed by atoms with Gasteiger partial charge in [-0.25, -0.2) is 0 Å². The molecule has 1 aromatic rings. The molecule has 2 atom stereocenters. The van der Waals surface area contributed by atoms with Gasteiger partial charge in [-0.2, -0.15) is 0 Å². The van der Waals surface area contributed by atoms with Crippen LogP contribution in [0, 0.1) is 32.6 Å². The molecule has 1 aromatic carbocycles. The smallest absolute Gasteiger partial charge is 0.306 e. The molecule has 1 saturated carbocycles. The first-order valence-electron chi connectivity index (χ1n) is 8.81. The molecule has 0 amide bonds. The normalized spacial score (nSPS) is 26.9. The van der Waals surface area contributed by atoms with Crippen LogP contribution in [0.2, 0.25) is 0 Å². The average molecular weight is 346 g/mol. The van der Waals surface area contributed by atoms with Crippen LogP contribution in [0.25, 0.3) is 0 Å². The molecule has 5 heteroatoms. The van der Waals surface area contributed by atoms with Gasteiger partial charge in [0.25, 0.3) is 5.79 Å². The minimum atomic E-state index is -1.41. The van der Waals surface area contributed by atoms with Crippen molar-refractivity contribution in [2.24, 2.45) is 11.8 Å². The Morgan fingerprint density at radius 1 is 1.04 bits per heavy atom. The van der Waals surface area contributed by atoms with Crippen LogP contribution in [0.1, 0.15) is 55.4 Å². The number of carboxylic acids is 1. The highest BCUT2D eigenvalue weighted by molar-refractivity contribution is 5.91. The number of Topliss-reactive ketones (excluding diaryl/α,β-unsaturated/α-hetero) is 1. The van der Waals surface area contributed by atoms with E-state index in [1.165, 1.54) is 0 Å². The highest BCUT2D eigenvalue weighted by atomic mass is 16.9. The molecule has 1 N–H and O–H groups in total. The number of aliphatic carboxylic acids is 1. The molecule has 136 valence electrons. The molecular formula is C20H26O5. The van der Waals surface area contributed by atoms with E-state index in [0.29, 0.717) is 19.3 Å². The molecule has 1 aliphatic heterocycles. The fourth-order valence-electron chi connectivity index (χ4n) is 4.44. The summed E-state index contributed by atoms with van der Waals surface area (Å²) in [6, 6.07) is 4.04. The van der Waals surface area contributed by atoms with E-state index in [9.17, 15) is 14.7 Å². The molecule has 1 heterocycles. The van der Waals surface area contributed by atoms with Crippen LogP contribution in [0.15, 0.2) is 12.1 Å². The largest absolute Gasteiger partial charge is 0.481 e. The van der Waals surface area contributed by atoms with Crippen LogP contribution >= 0.6 is 0 Å². The van der Waals surface area contributed by atoms with Crippen LogP contribution in [-0.4, -0.2) is 22.6 Å². The second-order valence-electron chi connectivity index (χ2n) is 7.90. The topological polar surface area (TPSA) is 72.8 Å². The summed E-state index contributed by atoms with van der Waals surface area (Å²) in [5.41, 5.74) is 3.79. The van der Waals surface area contributed by atoms with E-state index in [1.807, 2.05) is 32.9 Å². The summed E-state index contributed by atoms with van der Waals surface area (Å²) in [7, 11) is 0. The monoisotopic (exact) mass is 346 g/mol. The highest BCUT2D eigenvalue weighted by Gasteiger charge is 2.61. The predicted molar refractivity (Wildman–Crippen MR) is 92.1 cm³/mol. The fourth-order valence-corrected chi connectivity index (χ4v) is 4.44. The molecule has 0 radical (unpaired) electrons. The molecular weight excluding hydrogens is 320 g/mol. The lowest BCUT2D eigenvalue weighted by Gasteiger charge is -2.53. The van der Waals surface area contributed by atoms with E-state index >= 15 is 0 Å². The maximum Gasteiger partial charge on any atom is 0.306 e. The third-order valence-electron chi connectivity index (χ3n) is 5.26. The second-order valence-corrected chi connectivity index (χ2v) is 7.90. The molecule has 0 spiro atoms. The average Bonchev–Trinajstić information content (AvgIpc) is 2.92. The van der Waals surface area contributed by atoms with Crippen LogP contribution in [0.4, 0.5) is 0 Å². The van der Waals surface area contributed by atoms with E-state index in [1.54, 1.807) is 13.8 Å². The number of ketones is 1. The van der Waals surface area contributed by atoms with E-state index in [-0.39, 0.29) is 11.7 Å². The number of rotatable bonds is 4. The van der Waals surface area contributed by atoms with Gasteiger partial charge >= 0.3 is 5.97 Å². The van der Waals surface area contributed by atoms with Crippen molar-refractivity contribution in [1.29, 1.82) is 0 Å². The van der Waals surface area contributed by atoms with Gasteiger partial charge in [0, 0.05) is 11.5 Å². The van der Waals surface area contributed by atoms with Crippen molar-refractivity contribution < 1.29 is 24.2 Å². The van der Waals surface area contributed by atoms with Gasteiger partial charge in [-0.1, -0.05) is 17.7 Å². The van der Waals surface area contributed by atoms with Gasteiger partial charge < -0.3 is 14.6 Å². The van der Waals surface area contributed by atoms with Gasteiger partial charge in [0.15, 0.2) is 11.6 Å². The first-order valence-corrected chi connectivity index (χ1v) is 8.81. The Hall–Kier alpha value is -1.72. The van der Waals surface area contributed by atoms with Crippen molar-refractivity contribution in [2.45, 2.75) is 65.5 Å². The third-order valence-corrected chi connectivity index (χ3v) is 5.26. The van der Waals surface area contributed by atoms with Gasteiger partial charge in [-0.05, 0) is 65.0 Å². The quantitative estimate of drug-likeness (QED) is 0.901. The predicted octanol–water partition coefficient (Wildman–Crippen LogP) is 3.62. The summed E-state index contributed by atoms with van der Waals surface area (Å²) >= 11 is 0. The molecule has 2 aliphatic rings. The van der Waals surface area contributed by atoms with Gasteiger partial charge in [0.05, 0.1) is 5.92 Å². The molecule has 2 fully saturated rings. The Labute approximate surface area is 148 Å². The zero-order valence-electron chi connectivity index (χ0n) is 15.5. The van der Waals surface area contributed by atoms with Crippen molar-refractivity contribution in [3.63, 3.8) is 0 Å². The Morgan fingerprint density at radius 3 is 2.00 bits per heavy atom. The summed E-state index contributed by atoms with van der Waals surface area (Å²) in [6.45, 7) is 9.49. The number of carbonyl (C=O) groups is 2. The molecule has 1 aliphatic carbocycles. The highest BCUT2D eigenvalue weighted by Crippen LogP contribution is 2.51. The Kier molecular flexibility index (Phi) is 4.28. The van der Waals surface area contributed by atoms with E-state index in [0.717, 1.165) is 22.3 Å². The molecule has 2 unspecified atom stereocenters. The van der Waals surface area contributed by atoms with Crippen LogP contribution in [0.3, 0.4) is 0 Å². The van der Waals surface area contributed by atoms with E-state index in [4.69, 9.17) is 9.47 Å². The first kappa shape index (κ1) is 18.1. The lowest BCUT2D eigenvalue weighted by molar-refractivity contribution is -0.486.